The maximum atomic E-state index is 12.3. The summed E-state index contributed by atoms with van der Waals surface area (Å²) >= 11 is 9.39. The van der Waals surface area contributed by atoms with E-state index in [1.54, 1.807) is 36.4 Å². The summed E-state index contributed by atoms with van der Waals surface area (Å²) in [5.74, 6) is 0.0621. The molecule has 0 saturated carbocycles. The van der Waals surface area contributed by atoms with Gasteiger partial charge < -0.3 is 10.1 Å². The van der Waals surface area contributed by atoms with Crippen molar-refractivity contribution in [3.05, 3.63) is 63.1 Å². The molecule has 0 saturated heterocycles. The predicted molar refractivity (Wildman–Crippen MR) is 99.0 cm³/mol. The first kappa shape index (κ1) is 18.1. The normalized spacial score (nSPS) is 10.8. The first-order valence-corrected chi connectivity index (χ1v) is 8.32. The Bertz CT molecular complexity index is 828. The number of hydrogen-bond acceptors (Lipinski definition) is 3. The van der Waals surface area contributed by atoms with Crippen molar-refractivity contribution in [1.82, 2.24) is 0 Å². The molecule has 1 N–H and O–H groups in total. The van der Waals surface area contributed by atoms with Gasteiger partial charge in [-0.3, -0.25) is 4.79 Å². The highest BCUT2D eigenvalue weighted by atomic mass is 79.9. The third kappa shape index (κ3) is 4.60. The van der Waals surface area contributed by atoms with Crippen molar-refractivity contribution in [2.75, 3.05) is 11.9 Å². The summed E-state index contributed by atoms with van der Waals surface area (Å²) < 4.78 is 6.35. The molecule has 0 radical (unpaired) electrons. The van der Waals surface area contributed by atoms with Crippen molar-refractivity contribution < 1.29 is 9.53 Å². The highest BCUT2D eigenvalue weighted by Gasteiger charge is 2.13. The van der Waals surface area contributed by atoms with E-state index in [4.69, 9.17) is 16.3 Å². The number of rotatable bonds is 5. The second-order valence-corrected chi connectivity index (χ2v) is 6.04. The average molecular weight is 406 g/mol. The van der Waals surface area contributed by atoms with Crippen LogP contribution in [0.5, 0.6) is 5.75 Å². The molecule has 0 aliphatic rings. The molecule has 0 aromatic heterocycles. The Labute approximate surface area is 153 Å². The molecule has 0 spiro atoms. The number of halogens is 2. The van der Waals surface area contributed by atoms with E-state index in [1.165, 1.54) is 6.08 Å². The topological polar surface area (TPSA) is 62.1 Å². The van der Waals surface area contributed by atoms with Gasteiger partial charge >= 0.3 is 0 Å². The molecule has 6 heteroatoms. The quantitative estimate of drug-likeness (QED) is 0.559. The second-order valence-electron chi connectivity index (χ2n) is 4.72. The van der Waals surface area contributed by atoms with Crippen LogP contribution in [0.2, 0.25) is 5.02 Å². The molecule has 2 aromatic carbocycles. The van der Waals surface area contributed by atoms with E-state index in [2.05, 4.69) is 21.2 Å². The SMILES string of the molecule is CCOc1ccc(Br)cc1/C=C(\C#N)C(=O)Nc1ccccc1Cl. The summed E-state index contributed by atoms with van der Waals surface area (Å²) in [6.07, 6.45) is 1.49. The van der Waals surface area contributed by atoms with Crippen LogP contribution < -0.4 is 10.1 Å². The molecule has 2 aromatic rings. The number of nitrogens with zero attached hydrogens (tertiary/aromatic N) is 1. The first-order chi connectivity index (χ1) is 11.5. The number of para-hydroxylation sites is 1. The lowest BCUT2D eigenvalue weighted by atomic mass is 10.1. The van der Waals surface area contributed by atoms with Gasteiger partial charge in [0, 0.05) is 10.0 Å². The van der Waals surface area contributed by atoms with Crippen molar-refractivity contribution >= 4 is 45.2 Å². The fourth-order valence-electron chi connectivity index (χ4n) is 1.98. The van der Waals surface area contributed by atoms with Crippen molar-refractivity contribution in [2.45, 2.75) is 6.92 Å². The van der Waals surface area contributed by atoms with Crippen molar-refractivity contribution in [3.63, 3.8) is 0 Å². The minimum atomic E-state index is -0.534. The van der Waals surface area contributed by atoms with E-state index in [0.29, 0.717) is 28.6 Å². The Balaban J connectivity index is 2.33. The lowest BCUT2D eigenvalue weighted by molar-refractivity contribution is -0.112. The van der Waals surface area contributed by atoms with Crippen LogP contribution in [0.15, 0.2) is 52.5 Å². The molecule has 0 fully saturated rings. The van der Waals surface area contributed by atoms with E-state index >= 15 is 0 Å². The number of carbonyl (C=O) groups excluding carboxylic acids is 1. The monoisotopic (exact) mass is 404 g/mol. The van der Waals surface area contributed by atoms with Crippen LogP contribution in [0.4, 0.5) is 5.69 Å². The van der Waals surface area contributed by atoms with Gasteiger partial charge in [-0.2, -0.15) is 5.26 Å². The Morgan fingerprint density at radius 1 is 1.38 bits per heavy atom. The molecular formula is C18H14BrClN2O2. The van der Waals surface area contributed by atoms with Crippen molar-refractivity contribution in [3.8, 4) is 11.8 Å². The summed E-state index contributed by atoms with van der Waals surface area (Å²) in [4.78, 5) is 12.3. The van der Waals surface area contributed by atoms with E-state index in [-0.39, 0.29) is 5.57 Å². The zero-order valence-corrected chi connectivity index (χ0v) is 15.2. The molecule has 2 rings (SSSR count). The zero-order valence-electron chi connectivity index (χ0n) is 12.8. The maximum Gasteiger partial charge on any atom is 0.266 e. The molecular weight excluding hydrogens is 392 g/mol. The Morgan fingerprint density at radius 2 is 2.12 bits per heavy atom. The summed E-state index contributed by atoms with van der Waals surface area (Å²) in [5, 5.41) is 12.4. The van der Waals surface area contributed by atoms with Crippen LogP contribution in [0.3, 0.4) is 0 Å². The van der Waals surface area contributed by atoms with Crippen LogP contribution in [0.25, 0.3) is 6.08 Å². The molecule has 4 nitrogen and oxygen atoms in total. The van der Waals surface area contributed by atoms with E-state index < -0.39 is 5.91 Å². The maximum absolute atomic E-state index is 12.3. The molecule has 0 bridgehead atoms. The van der Waals surface area contributed by atoms with Crippen LogP contribution in [0, 0.1) is 11.3 Å². The minimum Gasteiger partial charge on any atom is -0.493 e. The van der Waals surface area contributed by atoms with E-state index in [1.807, 2.05) is 19.1 Å². The minimum absolute atomic E-state index is 0.0472. The molecule has 0 atom stereocenters. The smallest absolute Gasteiger partial charge is 0.266 e. The molecule has 0 heterocycles. The highest BCUT2D eigenvalue weighted by molar-refractivity contribution is 9.10. The van der Waals surface area contributed by atoms with Crippen LogP contribution in [-0.2, 0) is 4.79 Å². The van der Waals surface area contributed by atoms with Gasteiger partial charge in [-0.15, -0.1) is 0 Å². The van der Waals surface area contributed by atoms with Crippen molar-refractivity contribution in [2.24, 2.45) is 0 Å². The van der Waals surface area contributed by atoms with Gasteiger partial charge in [-0.25, -0.2) is 0 Å². The van der Waals surface area contributed by atoms with Gasteiger partial charge in [0.1, 0.15) is 17.4 Å². The van der Waals surface area contributed by atoms with Crippen LogP contribution in [0.1, 0.15) is 12.5 Å². The summed E-state index contributed by atoms with van der Waals surface area (Å²) in [6, 6.07) is 14.1. The summed E-state index contributed by atoms with van der Waals surface area (Å²) in [6.45, 7) is 2.35. The van der Waals surface area contributed by atoms with Gasteiger partial charge in [0.25, 0.3) is 5.91 Å². The lowest BCUT2D eigenvalue weighted by Crippen LogP contribution is -2.13. The van der Waals surface area contributed by atoms with Gasteiger partial charge in [0.05, 0.1) is 17.3 Å². The number of ether oxygens (including phenoxy) is 1. The second kappa shape index (κ2) is 8.53. The van der Waals surface area contributed by atoms with Crippen LogP contribution in [-0.4, -0.2) is 12.5 Å². The fraction of sp³-hybridized carbons (Fsp3) is 0.111. The lowest BCUT2D eigenvalue weighted by Gasteiger charge is -2.09. The predicted octanol–water partition coefficient (Wildman–Crippen LogP) is 5.05. The summed E-state index contributed by atoms with van der Waals surface area (Å²) in [7, 11) is 0. The number of anilines is 1. The van der Waals surface area contributed by atoms with Crippen molar-refractivity contribution in [1.29, 1.82) is 5.26 Å². The number of carbonyl (C=O) groups is 1. The largest absolute Gasteiger partial charge is 0.493 e. The third-order valence-electron chi connectivity index (χ3n) is 3.06. The first-order valence-electron chi connectivity index (χ1n) is 7.15. The van der Waals surface area contributed by atoms with Gasteiger partial charge in [0.2, 0.25) is 0 Å². The number of nitriles is 1. The number of nitrogens with one attached hydrogen (secondary N) is 1. The third-order valence-corrected chi connectivity index (χ3v) is 3.88. The van der Waals surface area contributed by atoms with Crippen LogP contribution >= 0.6 is 27.5 Å². The highest BCUT2D eigenvalue weighted by Crippen LogP contribution is 2.26. The molecule has 0 aliphatic heterocycles. The Hall–Kier alpha value is -2.29. The fourth-order valence-corrected chi connectivity index (χ4v) is 2.54. The van der Waals surface area contributed by atoms with Gasteiger partial charge in [0.15, 0.2) is 0 Å². The van der Waals surface area contributed by atoms with Gasteiger partial charge in [-0.1, -0.05) is 39.7 Å². The number of benzene rings is 2. The molecule has 0 unspecified atom stereocenters. The molecule has 0 aliphatic carbocycles. The zero-order chi connectivity index (χ0) is 17.5. The Kier molecular flexibility index (Phi) is 6.42. The molecule has 122 valence electrons. The van der Waals surface area contributed by atoms with Gasteiger partial charge in [-0.05, 0) is 43.3 Å². The van der Waals surface area contributed by atoms with E-state index in [0.717, 1.165) is 4.47 Å². The molecule has 24 heavy (non-hydrogen) atoms. The summed E-state index contributed by atoms with van der Waals surface area (Å²) in [5.41, 5.74) is 1.04. The average Bonchev–Trinajstić information content (AvgIpc) is 2.57. The molecule has 1 amide bonds. The standard InChI is InChI=1S/C18H14BrClN2O2/c1-2-24-17-8-7-14(19)10-12(17)9-13(11-21)18(23)22-16-6-4-3-5-15(16)20/h3-10H,2H2,1H3,(H,22,23)/b13-9+. The number of hydrogen-bond donors (Lipinski definition) is 1. The van der Waals surface area contributed by atoms with E-state index in [9.17, 15) is 10.1 Å². The number of amides is 1. The Morgan fingerprint density at radius 3 is 2.79 bits per heavy atom.